The standard InChI is InChI=1S/C23H27F3N4O/c1-15-18(23(24,25)26)9-17(10-27-15)19-11-30(20(28-19)8-16-2-3-16)22-12-21(13-22,14-22)29-4-6-31-7-5-29/h9-11,16H,2-8,12-14H2,1H3. The Balaban J connectivity index is 1.31. The average molecular weight is 432 g/mol. The van der Waals surface area contributed by atoms with Crippen molar-refractivity contribution in [2.45, 2.75) is 62.7 Å². The summed E-state index contributed by atoms with van der Waals surface area (Å²) < 4.78 is 48.1. The van der Waals surface area contributed by atoms with E-state index >= 15 is 0 Å². The molecular weight excluding hydrogens is 405 g/mol. The smallest absolute Gasteiger partial charge is 0.379 e. The number of hydrogen-bond donors (Lipinski definition) is 0. The Bertz CT molecular complexity index is 1000. The van der Waals surface area contributed by atoms with Gasteiger partial charge in [0.2, 0.25) is 0 Å². The van der Waals surface area contributed by atoms with Gasteiger partial charge in [-0.1, -0.05) is 0 Å². The van der Waals surface area contributed by atoms with Crippen LogP contribution >= 0.6 is 0 Å². The van der Waals surface area contributed by atoms with Gasteiger partial charge < -0.3 is 9.30 Å². The predicted molar refractivity (Wildman–Crippen MR) is 109 cm³/mol. The summed E-state index contributed by atoms with van der Waals surface area (Å²) in [5.41, 5.74) is 0.751. The first-order valence-corrected chi connectivity index (χ1v) is 11.2. The number of aromatic nitrogens is 3. The van der Waals surface area contributed by atoms with Gasteiger partial charge in [-0.2, -0.15) is 13.2 Å². The van der Waals surface area contributed by atoms with Gasteiger partial charge in [-0.05, 0) is 51.0 Å². The van der Waals surface area contributed by atoms with Gasteiger partial charge in [-0.25, -0.2) is 4.98 Å². The summed E-state index contributed by atoms with van der Waals surface area (Å²) in [7, 11) is 0. The van der Waals surface area contributed by atoms with Crippen LogP contribution in [-0.4, -0.2) is 51.3 Å². The zero-order chi connectivity index (χ0) is 21.4. The van der Waals surface area contributed by atoms with Crippen molar-refractivity contribution in [3.05, 3.63) is 35.5 Å². The van der Waals surface area contributed by atoms with Gasteiger partial charge in [0, 0.05) is 48.7 Å². The molecule has 4 saturated carbocycles. The second kappa shape index (κ2) is 6.54. The maximum Gasteiger partial charge on any atom is 0.418 e. The van der Waals surface area contributed by atoms with Crippen molar-refractivity contribution in [3.8, 4) is 11.3 Å². The quantitative estimate of drug-likeness (QED) is 0.711. The summed E-state index contributed by atoms with van der Waals surface area (Å²) in [6, 6.07) is 1.20. The number of rotatable bonds is 5. The van der Waals surface area contributed by atoms with E-state index < -0.39 is 11.7 Å². The number of ether oxygens (including phenoxy) is 1. The minimum absolute atomic E-state index is 0.000704. The normalized spacial score (nSPS) is 30.7. The Labute approximate surface area is 179 Å². The molecule has 8 heteroatoms. The van der Waals surface area contributed by atoms with E-state index in [1.807, 2.05) is 6.20 Å². The van der Waals surface area contributed by atoms with Crippen LogP contribution in [0.2, 0.25) is 0 Å². The number of hydrogen-bond acceptors (Lipinski definition) is 4. The molecule has 7 rings (SSSR count). The van der Waals surface area contributed by atoms with Crippen molar-refractivity contribution in [1.29, 1.82) is 0 Å². The summed E-state index contributed by atoms with van der Waals surface area (Å²) in [5.74, 6) is 1.69. The third-order valence-corrected chi connectivity index (χ3v) is 7.80. The molecule has 0 atom stereocenters. The first-order valence-electron chi connectivity index (χ1n) is 11.2. The van der Waals surface area contributed by atoms with Gasteiger partial charge >= 0.3 is 6.18 Å². The van der Waals surface area contributed by atoms with Crippen LogP contribution in [-0.2, 0) is 22.9 Å². The average Bonchev–Trinajstić information content (AvgIpc) is 3.39. The predicted octanol–water partition coefficient (Wildman–Crippen LogP) is 4.19. The van der Waals surface area contributed by atoms with Crippen LogP contribution in [0.5, 0.6) is 0 Å². The van der Waals surface area contributed by atoms with Crippen LogP contribution in [0.1, 0.15) is 49.2 Å². The molecule has 2 bridgehead atoms. The highest BCUT2D eigenvalue weighted by Crippen LogP contribution is 2.68. The fourth-order valence-electron chi connectivity index (χ4n) is 5.96. The van der Waals surface area contributed by atoms with E-state index in [1.54, 1.807) is 0 Å². The Kier molecular flexibility index (Phi) is 4.16. The van der Waals surface area contributed by atoms with Crippen LogP contribution in [0.25, 0.3) is 11.3 Å². The highest BCUT2D eigenvalue weighted by Gasteiger charge is 2.71. The van der Waals surface area contributed by atoms with Crippen LogP contribution in [0, 0.1) is 12.8 Å². The third-order valence-electron chi connectivity index (χ3n) is 7.80. The van der Waals surface area contributed by atoms with E-state index in [0.29, 0.717) is 22.7 Å². The highest BCUT2D eigenvalue weighted by molar-refractivity contribution is 5.60. The van der Waals surface area contributed by atoms with E-state index in [9.17, 15) is 13.2 Å². The summed E-state index contributed by atoms with van der Waals surface area (Å²) in [6.07, 6.45) is 5.77. The maximum atomic E-state index is 13.4. The van der Waals surface area contributed by atoms with E-state index in [-0.39, 0.29) is 11.2 Å². The van der Waals surface area contributed by atoms with E-state index in [1.165, 1.54) is 32.0 Å². The minimum atomic E-state index is -4.41. The number of halogens is 3. The number of imidazole rings is 1. The van der Waals surface area contributed by atoms with Crippen molar-refractivity contribution >= 4 is 0 Å². The van der Waals surface area contributed by atoms with Crippen LogP contribution in [0.15, 0.2) is 18.5 Å². The second-order valence-electron chi connectivity index (χ2n) is 9.99. The monoisotopic (exact) mass is 432 g/mol. The zero-order valence-corrected chi connectivity index (χ0v) is 17.7. The molecule has 0 unspecified atom stereocenters. The first-order chi connectivity index (χ1) is 14.8. The molecule has 0 aromatic carbocycles. The van der Waals surface area contributed by atoms with E-state index in [4.69, 9.17) is 9.72 Å². The molecule has 5 aliphatic rings. The topological polar surface area (TPSA) is 43.2 Å². The largest absolute Gasteiger partial charge is 0.418 e. The van der Waals surface area contributed by atoms with Crippen molar-refractivity contribution in [2.75, 3.05) is 26.3 Å². The van der Waals surface area contributed by atoms with Crippen molar-refractivity contribution in [2.24, 2.45) is 5.92 Å². The molecule has 0 spiro atoms. The summed E-state index contributed by atoms with van der Waals surface area (Å²) in [6.45, 7) is 5.00. The Morgan fingerprint density at radius 1 is 1.13 bits per heavy atom. The molecule has 0 radical (unpaired) electrons. The number of alkyl halides is 3. The SMILES string of the molecule is Cc1ncc(-c2cn(C34CC(N5CCOCC5)(C3)C4)c(CC3CC3)n2)cc1C(F)(F)F. The molecule has 0 amide bonds. The Morgan fingerprint density at radius 3 is 2.48 bits per heavy atom. The third kappa shape index (κ3) is 3.13. The lowest BCUT2D eigenvalue weighted by Gasteiger charge is -2.74. The van der Waals surface area contributed by atoms with Gasteiger partial charge in [0.25, 0.3) is 0 Å². The Morgan fingerprint density at radius 2 is 1.84 bits per heavy atom. The van der Waals surface area contributed by atoms with Gasteiger partial charge in [0.15, 0.2) is 0 Å². The molecule has 3 heterocycles. The molecule has 5 fully saturated rings. The van der Waals surface area contributed by atoms with Gasteiger partial charge in [0.05, 0.1) is 30.0 Å². The molecule has 0 N–H and O–H groups in total. The van der Waals surface area contributed by atoms with Crippen molar-refractivity contribution in [3.63, 3.8) is 0 Å². The number of nitrogens with zero attached hydrogens (tertiary/aromatic N) is 4. The number of morpholine rings is 1. The Hall–Kier alpha value is -1.93. The van der Waals surface area contributed by atoms with E-state index in [2.05, 4.69) is 14.5 Å². The zero-order valence-electron chi connectivity index (χ0n) is 17.7. The maximum absolute atomic E-state index is 13.4. The molecule has 1 aliphatic heterocycles. The molecule has 5 nitrogen and oxygen atoms in total. The van der Waals surface area contributed by atoms with Gasteiger partial charge in [-0.15, -0.1) is 0 Å². The van der Waals surface area contributed by atoms with Crippen molar-refractivity contribution in [1.82, 2.24) is 19.4 Å². The van der Waals surface area contributed by atoms with Crippen LogP contribution in [0.3, 0.4) is 0 Å². The summed E-state index contributed by atoms with van der Waals surface area (Å²) in [5, 5.41) is 0. The van der Waals surface area contributed by atoms with Crippen LogP contribution < -0.4 is 0 Å². The minimum Gasteiger partial charge on any atom is -0.379 e. The van der Waals surface area contributed by atoms with Gasteiger partial charge in [0.1, 0.15) is 5.82 Å². The molecule has 31 heavy (non-hydrogen) atoms. The van der Waals surface area contributed by atoms with Crippen LogP contribution in [0.4, 0.5) is 13.2 Å². The second-order valence-corrected chi connectivity index (χ2v) is 9.99. The van der Waals surface area contributed by atoms with E-state index in [0.717, 1.165) is 57.8 Å². The molecular formula is C23H27F3N4O. The fraction of sp³-hybridized carbons (Fsp3) is 0.652. The lowest BCUT2D eigenvalue weighted by atomic mass is 9.43. The molecule has 2 aromatic rings. The summed E-state index contributed by atoms with van der Waals surface area (Å²) in [4.78, 5) is 11.4. The molecule has 2 aromatic heterocycles. The molecule has 4 aliphatic carbocycles. The lowest BCUT2D eigenvalue weighted by molar-refractivity contribution is -0.221. The van der Waals surface area contributed by atoms with Gasteiger partial charge in [-0.3, -0.25) is 9.88 Å². The molecule has 1 saturated heterocycles. The fourth-order valence-corrected chi connectivity index (χ4v) is 5.96. The van der Waals surface area contributed by atoms with Crippen molar-refractivity contribution < 1.29 is 17.9 Å². The first kappa shape index (κ1) is 19.7. The number of aryl methyl sites for hydroxylation is 1. The number of pyridine rings is 1. The highest BCUT2D eigenvalue weighted by atomic mass is 19.4. The molecule has 166 valence electrons. The lowest BCUT2D eigenvalue weighted by Crippen LogP contribution is -2.79. The summed E-state index contributed by atoms with van der Waals surface area (Å²) >= 11 is 0.